The van der Waals surface area contributed by atoms with E-state index in [0.29, 0.717) is 5.75 Å². The van der Waals surface area contributed by atoms with E-state index >= 15 is 0 Å². The summed E-state index contributed by atoms with van der Waals surface area (Å²) < 4.78 is 6.78. The Morgan fingerprint density at radius 2 is 2.08 bits per heavy atom. The number of benzene rings is 1. The molecular weight excluding hydrogens is 327 g/mol. The molecule has 0 aromatic heterocycles. The molecule has 5 heteroatoms. The molecule has 1 nitrogen and oxygen atoms in total. The second-order valence-corrected chi connectivity index (χ2v) is 4.62. The minimum atomic E-state index is -0.0157. The number of rotatable bonds is 1. The van der Waals surface area contributed by atoms with Crippen molar-refractivity contribution in [2.75, 3.05) is 0 Å². The van der Waals surface area contributed by atoms with Crippen LogP contribution < -0.4 is 4.74 Å². The van der Waals surface area contributed by atoms with E-state index in [0.717, 1.165) is 8.95 Å². The van der Waals surface area contributed by atoms with Gasteiger partial charge in [0.05, 0.1) is 4.47 Å². The topological polar surface area (TPSA) is 9.23 Å². The van der Waals surface area contributed by atoms with E-state index < -0.39 is 0 Å². The summed E-state index contributed by atoms with van der Waals surface area (Å²) in [6, 6.07) is 5.46. The third-order valence-electron chi connectivity index (χ3n) is 1.08. The first-order valence-electron chi connectivity index (χ1n) is 2.92. The van der Waals surface area contributed by atoms with Gasteiger partial charge in [-0.1, -0.05) is 15.9 Å². The Balaban J connectivity index is 2.93. The fourth-order valence-corrected chi connectivity index (χ4v) is 1.95. The molecular formula is C7H3Br2ClOS. The van der Waals surface area contributed by atoms with Crippen molar-refractivity contribution in [1.29, 1.82) is 0 Å². The van der Waals surface area contributed by atoms with Gasteiger partial charge in [0, 0.05) is 4.47 Å². The predicted octanol–water partition coefficient (Wildman–Crippen LogP) is 4.11. The van der Waals surface area contributed by atoms with Gasteiger partial charge in [0.1, 0.15) is 5.75 Å². The minimum Gasteiger partial charge on any atom is -0.435 e. The van der Waals surface area contributed by atoms with Crippen molar-refractivity contribution in [1.82, 2.24) is 0 Å². The summed E-state index contributed by atoms with van der Waals surface area (Å²) in [5.74, 6) is 0.609. The van der Waals surface area contributed by atoms with E-state index in [9.17, 15) is 0 Å². The molecule has 0 bridgehead atoms. The van der Waals surface area contributed by atoms with Crippen molar-refractivity contribution in [2.24, 2.45) is 0 Å². The molecule has 1 rings (SSSR count). The Bertz CT molecular complexity index is 316. The van der Waals surface area contributed by atoms with Crippen LogP contribution in [-0.2, 0) is 0 Å². The molecule has 0 radical (unpaired) electrons. The van der Waals surface area contributed by atoms with Crippen LogP contribution in [0.15, 0.2) is 27.1 Å². The second-order valence-electron chi connectivity index (χ2n) is 1.91. The lowest BCUT2D eigenvalue weighted by atomic mass is 10.3. The zero-order chi connectivity index (χ0) is 9.14. The zero-order valence-corrected chi connectivity index (χ0v) is 10.4. The Morgan fingerprint density at radius 1 is 1.42 bits per heavy atom. The van der Waals surface area contributed by atoms with Crippen molar-refractivity contribution < 1.29 is 4.74 Å². The Morgan fingerprint density at radius 3 is 2.58 bits per heavy atom. The molecule has 64 valence electrons. The van der Waals surface area contributed by atoms with Gasteiger partial charge in [0.25, 0.3) is 4.51 Å². The van der Waals surface area contributed by atoms with Crippen LogP contribution >= 0.6 is 55.7 Å². The summed E-state index contributed by atoms with van der Waals surface area (Å²) in [6.07, 6.45) is 0. The quantitative estimate of drug-likeness (QED) is 0.566. The van der Waals surface area contributed by atoms with Crippen molar-refractivity contribution >= 4 is 60.2 Å². The maximum atomic E-state index is 5.40. The van der Waals surface area contributed by atoms with Crippen LogP contribution in [0.3, 0.4) is 0 Å². The summed E-state index contributed by atoms with van der Waals surface area (Å²) in [6.45, 7) is 0. The van der Waals surface area contributed by atoms with Crippen LogP contribution in [0.5, 0.6) is 5.75 Å². The smallest absolute Gasteiger partial charge is 0.260 e. The van der Waals surface area contributed by atoms with E-state index in [2.05, 4.69) is 44.1 Å². The SMILES string of the molecule is S=C(Cl)Oc1ccc(Br)cc1Br. The fourth-order valence-electron chi connectivity index (χ4n) is 0.644. The molecule has 0 saturated heterocycles. The third-order valence-corrected chi connectivity index (χ3v) is 2.36. The lowest BCUT2D eigenvalue weighted by Crippen LogP contribution is -1.95. The van der Waals surface area contributed by atoms with Crippen molar-refractivity contribution in [3.63, 3.8) is 0 Å². The zero-order valence-electron chi connectivity index (χ0n) is 5.68. The highest BCUT2D eigenvalue weighted by Crippen LogP contribution is 2.28. The van der Waals surface area contributed by atoms with E-state index in [1.165, 1.54) is 0 Å². The summed E-state index contributed by atoms with van der Waals surface area (Å²) >= 11 is 16.6. The predicted molar refractivity (Wildman–Crippen MR) is 60.9 cm³/mol. The van der Waals surface area contributed by atoms with Crippen LogP contribution in [0, 0.1) is 0 Å². The van der Waals surface area contributed by atoms with Gasteiger partial charge in [-0.2, -0.15) is 0 Å². The number of ether oxygens (including phenoxy) is 1. The highest BCUT2D eigenvalue weighted by Gasteiger charge is 2.02. The Hall–Kier alpha value is 0.360. The lowest BCUT2D eigenvalue weighted by molar-refractivity contribution is 0.573. The van der Waals surface area contributed by atoms with Crippen molar-refractivity contribution in [2.45, 2.75) is 0 Å². The van der Waals surface area contributed by atoms with E-state index in [-0.39, 0.29) is 4.51 Å². The van der Waals surface area contributed by atoms with Crippen LogP contribution in [0.1, 0.15) is 0 Å². The summed E-state index contributed by atoms with van der Waals surface area (Å²) in [7, 11) is 0. The molecule has 0 atom stereocenters. The van der Waals surface area contributed by atoms with Gasteiger partial charge in [-0.3, -0.25) is 0 Å². The van der Waals surface area contributed by atoms with Gasteiger partial charge < -0.3 is 4.74 Å². The molecule has 0 aliphatic carbocycles. The molecule has 0 aliphatic heterocycles. The molecule has 0 fully saturated rings. The molecule has 1 aromatic carbocycles. The Labute approximate surface area is 97.3 Å². The molecule has 0 heterocycles. The molecule has 0 unspecified atom stereocenters. The highest BCUT2D eigenvalue weighted by molar-refractivity contribution is 9.11. The van der Waals surface area contributed by atoms with Gasteiger partial charge >= 0.3 is 0 Å². The van der Waals surface area contributed by atoms with E-state index in [1.807, 2.05) is 12.1 Å². The van der Waals surface area contributed by atoms with E-state index in [4.69, 9.17) is 16.3 Å². The van der Waals surface area contributed by atoms with Gasteiger partial charge in [-0.15, -0.1) is 0 Å². The summed E-state index contributed by atoms with van der Waals surface area (Å²) in [5, 5.41) is 0. The van der Waals surface area contributed by atoms with Gasteiger partial charge in [-0.25, -0.2) is 0 Å². The maximum Gasteiger partial charge on any atom is 0.260 e. The normalized spacial score (nSPS) is 9.58. The number of thiocarbonyl (C=S) groups is 1. The van der Waals surface area contributed by atoms with Crippen LogP contribution in [0.2, 0.25) is 0 Å². The standard InChI is InChI=1S/C7H3Br2ClOS/c8-4-1-2-6(5(9)3-4)11-7(10)12/h1-3H. The average molecular weight is 330 g/mol. The fraction of sp³-hybridized carbons (Fsp3) is 0. The maximum absolute atomic E-state index is 5.40. The summed E-state index contributed by atoms with van der Waals surface area (Å²) in [5.41, 5.74) is 0. The second kappa shape index (κ2) is 4.56. The van der Waals surface area contributed by atoms with Gasteiger partial charge in [-0.05, 0) is 57.9 Å². The van der Waals surface area contributed by atoms with Crippen molar-refractivity contribution in [3.05, 3.63) is 27.1 Å². The van der Waals surface area contributed by atoms with Gasteiger partial charge in [0.2, 0.25) is 0 Å². The molecule has 0 aliphatic rings. The first kappa shape index (κ1) is 10.4. The molecule has 1 aromatic rings. The van der Waals surface area contributed by atoms with E-state index in [1.54, 1.807) is 6.07 Å². The van der Waals surface area contributed by atoms with Crippen molar-refractivity contribution in [3.8, 4) is 5.75 Å². The third kappa shape index (κ3) is 3.01. The lowest BCUT2D eigenvalue weighted by Gasteiger charge is -2.03. The minimum absolute atomic E-state index is 0.0157. The first-order chi connectivity index (χ1) is 5.59. The monoisotopic (exact) mass is 328 g/mol. The molecule has 12 heavy (non-hydrogen) atoms. The number of hydrogen-bond acceptors (Lipinski definition) is 2. The number of hydrogen-bond donors (Lipinski definition) is 0. The van der Waals surface area contributed by atoms with Gasteiger partial charge in [0.15, 0.2) is 0 Å². The van der Waals surface area contributed by atoms with Crippen LogP contribution in [-0.4, -0.2) is 4.51 Å². The largest absolute Gasteiger partial charge is 0.435 e. The Kier molecular flexibility index (Phi) is 3.96. The molecule has 0 amide bonds. The van der Waals surface area contributed by atoms with Crippen LogP contribution in [0.25, 0.3) is 0 Å². The molecule has 0 saturated carbocycles. The number of halogens is 3. The highest BCUT2D eigenvalue weighted by atomic mass is 79.9. The molecule has 0 spiro atoms. The molecule has 0 N–H and O–H groups in total. The summed E-state index contributed by atoms with van der Waals surface area (Å²) in [4.78, 5) is 0. The van der Waals surface area contributed by atoms with Crippen LogP contribution in [0.4, 0.5) is 0 Å². The average Bonchev–Trinajstić information content (AvgIpc) is 1.94. The first-order valence-corrected chi connectivity index (χ1v) is 5.29.